The monoisotopic (exact) mass is 466 g/mol. The fourth-order valence-electron chi connectivity index (χ4n) is 2.96. The van der Waals surface area contributed by atoms with Gasteiger partial charge in [0.1, 0.15) is 6.04 Å². The van der Waals surface area contributed by atoms with Gasteiger partial charge in [-0.25, -0.2) is 13.2 Å². The summed E-state index contributed by atoms with van der Waals surface area (Å²) in [5, 5.41) is 3.18. The maximum absolute atomic E-state index is 12.9. The number of carbonyl (C=O) groups excluding carboxylic acids is 2. The van der Waals surface area contributed by atoms with Gasteiger partial charge in [-0.3, -0.25) is 9.10 Å². The lowest BCUT2D eigenvalue weighted by Crippen LogP contribution is -2.47. The van der Waals surface area contributed by atoms with Crippen LogP contribution in [0.3, 0.4) is 0 Å². The number of nitrogens with one attached hydrogen (secondary N) is 1. The van der Waals surface area contributed by atoms with Crippen LogP contribution in [0.2, 0.25) is 5.02 Å². The molecule has 0 bridgehead atoms. The molecule has 31 heavy (non-hydrogen) atoms. The van der Waals surface area contributed by atoms with Gasteiger partial charge in [0, 0.05) is 10.7 Å². The molecule has 0 saturated heterocycles. The average Bonchev–Trinajstić information content (AvgIpc) is 2.72. The SMILES string of the molecule is CCCCOC(=O)c1ccc(NC(=O)C(CC)N(c2ccc(Cl)cc2)S(C)(=O)=O)cc1. The van der Waals surface area contributed by atoms with E-state index in [1.54, 1.807) is 55.5 Å². The summed E-state index contributed by atoms with van der Waals surface area (Å²) in [5.41, 5.74) is 1.16. The summed E-state index contributed by atoms with van der Waals surface area (Å²) in [5.74, 6) is -0.912. The predicted molar refractivity (Wildman–Crippen MR) is 123 cm³/mol. The number of hydrogen-bond donors (Lipinski definition) is 1. The van der Waals surface area contributed by atoms with Crippen LogP contribution < -0.4 is 9.62 Å². The number of hydrogen-bond acceptors (Lipinski definition) is 5. The molecule has 1 amide bonds. The van der Waals surface area contributed by atoms with Crippen LogP contribution in [0.4, 0.5) is 11.4 Å². The van der Waals surface area contributed by atoms with Crippen LogP contribution in [0.1, 0.15) is 43.5 Å². The van der Waals surface area contributed by atoms with E-state index in [-0.39, 0.29) is 6.42 Å². The first-order chi connectivity index (χ1) is 14.7. The molecule has 1 atom stereocenters. The van der Waals surface area contributed by atoms with Gasteiger partial charge in [-0.1, -0.05) is 31.9 Å². The summed E-state index contributed by atoms with van der Waals surface area (Å²) in [7, 11) is -3.74. The first-order valence-corrected chi connectivity index (χ1v) is 12.2. The van der Waals surface area contributed by atoms with Crippen molar-refractivity contribution >= 4 is 44.9 Å². The average molecular weight is 467 g/mol. The Balaban J connectivity index is 2.17. The zero-order chi connectivity index (χ0) is 23.0. The number of benzene rings is 2. The van der Waals surface area contributed by atoms with Crippen LogP contribution >= 0.6 is 11.6 Å². The van der Waals surface area contributed by atoms with Gasteiger partial charge in [-0.2, -0.15) is 0 Å². The number of esters is 1. The Kier molecular flexibility index (Phi) is 8.88. The van der Waals surface area contributed by atoms with Crippen molar-refractivity contribution in [3.8, 4) is 0 Å². The summed E-state index contributed by atoms with van der Waals surface area (Å²) < 4.78 is 31.2. The number of halogens is 1. The first-order valence-electron chi connectivity index (χ1n) is 10.00. The van der Waals surface area contributed by atoms with Gasteiger partial charge in [-0.15, -0.1) is 0 Å². The van der Waals surface area contributed by atoms with E-state index in [2.05, 4.69) is 5.32 Å². The Labute approximate surface area is 188 Å². The minimum Gasteiger partial charge on any atom is -0.462 e. The number of carbonyl (C=O) groups is 2. The molecule has 0 radical (unpaired) electrons. The molecule has 0 fully saturated rings. The molecule has 0 aliphatic rings. The molecule has 1 N–H and O–H groups in total. The molecule has 0 aliphatic carbocycles. The molecule has 0 aliphatic heterocycles. The third-order valence-corrected chi connectivity index (χ3v) is 5.96. The minimum atomic E-state index is -3.74. The Morgan fingerprint density at radius 1 is 1.06 bits per heavy atom. The van der Waals surface area contributed by atoms with Crippen molar-refractivity contribution in [1.29, 1.82) is 0 Å². The van der Waals surface area contributed by atoms with E-state index in [1.165, 1.54) is 0 Å². The predicted octanol–water partition coefficient (Wildman–Crippen LogP) is 4.48. The number of nitrogens with zero attached hydrogens (tertiary/aromatic N) is 1. The van der Waals surface area contributed by atoms with Crippen LogP contribution in [0.15, 0.2) is 48.5 Å². The standard InChI is InChI=1S/C22H27ClN2O5S/c1-4-6-15-30-22(27)16-7-11-18(12-8-16)24-21(26)20(5-2)25(31(3,28)29)19-13-9-17(23)10-14-19/h7-14,20H,4-6,15H2,1-3H3,(H,24,26). The van der Waals surface area contributed by atoms with E-state index < -0.39 is 27.9 Å². The normalized spacial score (nSPS) is 12.1. The summed E-state index contributed by atoms with van der Waals surface area (Å²) >= 11 is 5.90. The highest BCUT2D eigenvalue weighted by molar-refractivity contribution is 7.92. The van der Waals surface area contributed by atoms with Crippen molar-refractivity contribution in [3.63, 3.8) is 0 Å². The van der Waals surface area contributed by atoms with Crippen molar-refractivity contribution in [2.75, 3.05) is 22.5 Å². The van der Waals surface area contributed by atoms with Crippen molar-refractivity contribution in [2.24, 2.45) is 0 Å². The van der Waals surface area contributed by atoms with Crippen molar-refractivity contribution in [1.82, 2.24) is 0 Å². The first kappa shape index (κ1) is 24.7. The summed E-state index contributed by atoms with van der Waals surface area (Å²) in [4.78, 5) is 24.9. The second kappa shape index (κ2) is 11.2. The van der Waals surface area contributed by atoms with E-state index >= 15 is 0 Å². The largest absolute Gasteiger partial charge is 0.462 e. The molecule has 1 unspecified atom stereocenters. The van der Waals surface area contributed by atoms with Gasteiger partial charge in [0.15, 0.2) is 0 Å². The van der Waals surface area contributed by atoms with Gasteiger partial charge >= 0.3 is 5.97 Å². The summed E-state index contributed by atoms with van der Waals surface area (Å²) in [6.07, 6.45) is 3.03. The third kappa shape index (κ3) is 6.97. The number of ether oxygens (including phenoxy) is 1. The fourth-order valence-corrected chi connectivity index (χ4v) is 4.29. The third-order valence-electron chi connectivity index (χ3n) is 4.53. The van der Waals surface area contributed by atoms with E-state index in [0.29, 0.717) is 28.6 Å². The second-order valence-corrected chi connectivity index (χ2v) is 9.31. The molecular formula is C22H27ClN2O5S. The number of anilines is 2. The topological polar surface area (TPSA) is 92.8 Å². The summed E-state index contributed by atoms with van der Waals surface area (Å²) in [6.45, 7) is 4.10. The molecule has 2 aromatic rings. The smallest absolute Gasteiger partial charge is 0.338 e. The van der Waals surface area contributed by atoms with Crippen molar-refractivity contribution < 1.29 is 22.7 Å². The van der Waals surface area contributed by atoms with Gasteiger partial charge in [0.2, 0.25) is 15.9 Å². The number of sulfonamides is 1. The van der Waals surface area contributed by atoms with Crippen LogP contribution in [-0.2, 0) is 19.6 Å². The number of amides is 1. The van der Waals surface area contributed by atoms with E-state index in [1.807, 2.05) is 6.92 Å². The van der Waals surface area contributed by atoms with Crippen LogP contribution in [0.25, 0.3) is 0 Å². The maximum Gasteiger partial charge on any atom is 0.338 e. The zero-order valence-corrected chi connectivity index (χ0v) is 19.4. The zero-order valence-electron chi connectivity index (χ0n) is 17.8. The highest BCUT2D eigenvalue weighted by atomic mass is 35.5. The van der Waals surface area contributed by atoms with Gasteiger partial charge in [0.25, 0.3) is 0 Å². The lowest BCUT2D eigenvalue weighted by atomic mass is 10.1. The van der Waals surface area contributed by atoms with E-state index in [9.17, 15) is 18.0 Å². The molecule has 0 heterocycles. The number of rotatable bonds is 10. The molecular weight excluding hydrogens is 440 g/mol. The molecule has 0 saturated carbocycles. The van der Waals surface area contributed by atoms with Crippen LogP contribution in [-0.4, -0.2) is 39.2 Å². The van der Waals surface area contributed by atoms with Gasteiger partial charge in [-0.05, 0) is 61.4 Å². The number of unbranched alkanes of at least 4 members (excludes halogenated alkanes) is 1. The molecule has 0 spiro atoms. The molecule has 9 heteroatoms. The lowest BCUT2D eigenvalue weighted by Gasteiger charge is -2.30. The minimum absolute atomic E-state index is 0.253. The van der Waals surface area contributed by atoms with Crippen molar-refractivity contribution in [2.45, 2.75) is 39.2 Å². The van der Waals surface area contributed by atoms with E-state index in [4.69, 9.17) is 16.3 Å². The van der Waals surface area contributed by atoms with Gasteiger partial charge in [0.05, 0.1) is 24.1 Å². The Bertz CT molecular complexity index is 992. The fraction of sp³-hybridized carbons (Fsp3) is 0.364. The Morgan fingerprint density at radius 3 is 2.19 bits per heavy atom. The lowest BCUT2D eigenvalue weighted by molar-refractivity contribution is -0.117. The van der Waals surface area contributed by atoms with Gasteiger partial charge < -0.3 is 10.1 Å². The van der Waals surface area contributed by atoms with E-state index in [0.717, 1.165) is 23.4 Å². The highest BCUT2D eigenvalue weighted by Crippen LogP contribution is 2.25. The molecule has 2 rings (SSSR count). The maximum atomic E-state index is 12.9. The van der Waals surface area contributed by atoms with Crippen molar-refractivity contribution in [3.05, 3.63) is 59.1 Å². The second-order valence-electron chi connectivity index (χ2n) is 7.02. The van der Waals surface area contributed by atoms with Crippen LogP contribution in [0, 0.1) is 0 Å². The van der Waals surface area contributed by atoms with Crippen LogP contribution in [0.5, 0.6) is 0 Å². The molecule has 0 aromatic heterocycles. The molecule has 7 nitrogen and oxygen atoms in total. The molecule has 168 valence electrons. The highest BCUT2D eigenvalue weighted by Gasteiger charge is 2.31. The Morgan fingerprint density at radius 2 is 1.68 bits per heavy atom. The Hall–Kier alpha value is -2.58. The quantitative estimate of drug-likeness (QED) is 0.411. The summed E-state index contributed by atoms with van der Waals surface area (Å²) in [6, 6.07) is 11.5. The molecule has 2 aromatic carbocycles.